The monoisotopic (exact) mass is 224 g/mol. The van der Waals surface area contributed by atoms with Crippen LogP contribution in [-0.2, 0) is 17.6 Å². The minimum atomic E-state index is -0.182. The molecule has 0 fully saturated rings. The molecule has 1 nitrogen and oxygen atoms in total. The summed E-state index contributed by atoms with van der Waals surface area (Å²) in [6, 6.07) is 6.27. The summed E-state index contributed by atoms with van der Waals surface area (Å²) in [5.74, 6) is 0. The van der Waals surface area contributed by atoms with Crippen molar-refractivity contribution in [2.75, 3.05) is 0 Å². The number of alkyl halides is 1. The Morgan fingerprint density at radius 1 is 1.27 bits per heavy atom. The van der Waals surface area contributed by atoms with Crippen LogP contribution < -0.4 is 0 Å². The van der Waals surface area contributed by atoms with Gasteiger partial charge < -0.3 is 4.79 Å². The molecule has 0 bridgehead atoms. The van der Waals surface area contributed by atoms with E-state index >= 15 is 0 Å². The standard InChI is InChI=1S/C13H17ClO/c1-3-10-5-6-12(9-11(10)4-2)13(14)7-8-15/h5-6,8-9,13H,3-4,7H2,1-2H3. The van der Waals surface area contributed by atoms with E-state index in [0.717, 1.165) is 24.7 Å². The second-order valence-corrected chi connectivity index (χ2v) is 4.13. The van der Waals surface area contributed by atoms with Gasteiger partial charge in [-0.2, -0.15) is 0 Å². The van der Waals surface area contributed by atoms with Crippen LogP contribution in [-0.4, -0.2) is 6.29 Å². The lowest BCUT2D eigenvalue weighted by Gasteiger charge is -2.11. The van der Waals surface area contributed by atoms with E-state index in [-0.39, 0.29) is 5.38 Å². The number of halogens is 1. The Hall–Kier alpha value is -0.820. The Labute approximate surface area is 96.5 Å². The quantitative estimate of drug-likeness (QED) is 0.551. The number of carbonyl (C=O) groups is 1. The summed E-state index contributed by atoms with van der Waals surface area (Å²) < 4.78 is 0. The van der Waals surface area contributed by atoms with Crippen molar-refractivity contribution in [3.05, 3.63) is 34.9 Å². The molecule has 1 unspecified atom stereocenters. The molecule has 0 aromatic heterocycles. The highest BCUT2D eigenvalue weighted by Crippen LogP contribution is 2.25. The summed E-state index contributed by atoms with van der Waals surface area (Å²) in [6.07, 6.45) is 3.32. The zero-order valence-corrected chi connectivity index (χ0v) is 10.1. The molecule has 1 aromatic carbocycles. The Morgan fingerprint density at radius 3 is 2.47 bits per heavy atom. The van der Waals surface area contributed by atoms with E-state index in [4.69, 9.17) is 11.6 Å². The van der Waals surface area contributed by atoms with Crippen LogP contribution in [0.15, 0.2) is 18.2 Å². The van der Waals surface area contributed by atoms with E-state index in [1.807, 2.05) is 6.07 Å². The van der Waals surface area contributed by atoms with Gasteiger partial charge in [0.2, 0.25) is 0 Å². The average Bonchev–Trinajstić information content (AvgIpc) is 2.28. The van der Waals surface area contributed by atoms with Gasteiger partial charge in [0, 0.05) is 6.42 Å². The van der Waals surface area contributed by atoms with Crippen LogP contribution in [0.2, 0.25) is 0 Å². The fourth-order valence-electron chi connectivity index (χ4n) is 1.74. The summed E-state index contributed by atoms with van der Waals surface area (Å²) in [4.78, 5) is 10.4. The maximum absolute atomic E-state index is 10.4. The van der Waals surface area contributed by atoms with Crippen LogP contribution in [0.25, 0.3) is 0 Å². The number of hydrogen-bond acceptors (Lipinski definition) is 1. The average molecular weight is 225 g/mol. The van der Waals surface area contributed by atoms with E-state index in [1.165, 1.54) is 11.1 Å². The van der Waals surface area contributed by atoms with Gasteiger partial charge in [-0.15, -0.1) is 11.6 Å². The number of carbonyl (C=O) groups excluding carboxylic acids is 1. The van der Waals surface area contributed by atoms with E-state index in [2.05, 4.69) is 26.0 Å². The van der Waals surface area contributed by atoms with Crippen molar-refractivity contribution in [1.29, 1.82) is 0 Å². The predicted octanol–water partition coefficient (Wildman–Crippen LogP) is 3.68. The van der Waals surface area contributed by atoms with Crippen molar-refractivity contribution in [1.82, 2.24) is 0 Å². The predicted molar refractivity (Wildman–Crippen MR) is 64.5 cm³/mol. The van der Waals surface area contributed by atoms with E-state index in [9.17, 15) is 4.79 Å². The van der Waals surface area contributed by atoms with Crippen LogP contribution in [0.1, 0.15) is 42.3 Å². The molecule has 1 aromatic rings. The third-order valence-electron chi connectivity index (χ3n) is 2.66. The topological polar surface area (TPSA) is 17.1 Å². The maximum Gasteiger partial charge on any atom is 0.121 e. The van der Waals surface area contributed by atoms with Crippen molar-refractivity contribution in [3.63, 3.8) is 0 Å². The summed E-state index contributed by atoms with van der Waals surface area (Å²) in [6.45, 7) is 4.29. The van der Waals surface area contributed by atoms with Crippen molar-refractivity contribution in [3.8, 4) is 0 Å². The van der Waals surface area contributed by atoms with Crippen LogP contribution in [0.3, 0.4) is 0 Å². The van der Waals surface area contributed by atoms with Gasteiger partial charge in [0.05, 0.1) is 5.38 Å². The van der Waals surface area contributed by atoms with Gasteiger partial charge in [-0.25, -0.2) is 0 Å². The third-order valence-corrected chi connectivity index (χ3v) is 3.09. The van der Waals surface area contributed by atoms with Crippen LogP contribution in [0, 0.1) is 0 Å². The molecule has 0 aliphatic heterocycles. The lowest BCUT2D eigenvalue weighted by Crippen LogP contribution is -1.97. The van der Waals surface area contributed by atoms with Crippen molar-refractivity contribution in [2.24, 2.45) is 0 Å². The smallest absolute Gasteiger partial charge is 0.121 e. The summed E-state index contributed by atoms with van der Waals surface area (Å²) in [5.41, 5.74) is 3.76. The summed E-state index contributed by atoms with van der Waals surface area (Å²) >= 11 is 6.10. The first-order valence-electron chi connectivity index (χ1n) is 5.42. The first-order valence-corrected chi connectivity index (χ1v) is 5.85. The molecule has 0 saturated carbocycles. The zero-order valence-electron chi connectivity index (χ0n) is 9.29. The van der Waals surface area contributed by atoms with Gasteiger partial charge in [0.15, 0.2) is 0 Å². The largest absolute Gasteiger partial charge is 0.303 e. The van der Waals surface area contributed by atoms with Crippen LogP contribution in [0.5, 0.6) is 0 Å². The van der Waals surface area contributed by atoms with Crippen LogP contribution in [0.4, 0.5) is 0 Å². The SMILES string of the molecule is CCc1ccc(C(Cl)CC=O)cc1CC. The Balaban J connectivity index is 2.96. The lowest BCUT2D eigenvalue weighted by molar-refractivity contribution is -0.107. The molecule has 0 aliphatic carbocycles. The molecular weight excluding hydrogens is 208 g/mol. The van der Waals surface area contributed by atoms with E-state index in [1.54, 1.807) is 0 Å². The second kappa shape index (κ2) is 5.92. The molecule has 0 radical (unpaired) electrons. The molecule has 1 atom stereocenters. The van der Waals surface area contributed by atoms with Gasteiger partial charge in [0.25, 0.3) is 0 Å². The third kappa shape index (κ3) is 3.07. The molecule has 1 rings (SSSR count). The molecule has 0 N–H and O–H groups in total. The molecule has 0 spiro atoms. The Bertz CT molecular complexity index is 333. The second-order valence-electron chi connectivity index (χ2n) is 3.61. The minimum absolute atomic E-state index is 0.182. The molecule has 0 aliphatic rings. The van der Waals surface area contributed by atoms with E-state index in [0.29, 0.717) is 6.42 Å². The molecular formula is C13H17ClO. The molecule has 0 amide bonds. The number of aryl methyl sites for hydroxylation is 2. The number of benzene rings is 1. The number of rotatable bonds is 5. The normalized spacial score (nSPS) is 12.5. The highest BCUT2D eigenvalue weighted by Gasteiger charge is 2.09. The van der Waals surface area contributed by atoms with Gasteiger partial charge in [-0.3, -0.25) is 0 Å². The van der Waals surface area contributed by atoms with Crippen LogP contribution >= 0.6 is 11.6 Å². The zero-order chi connectivity index (χ0) is 11.3. The van der Waals surface area contributed by atoms with E-state index < -0.39 is 0 Å². The highest BCUT2D eigenvalue weighted by molar-refractivity contribution is 6.21. The van der Waals surface area contributed by atoms with Gasteiger partial charge in [-0.1, -0.05) is 32.0 Å². The Morgan fingerprint density at radius 2 is 1.93 bits per heavy atom. The maximum atomic E-state index is 10.4. The molecule has 15 heavy (non-hydrogen) atoms. The minimum Gasteiger partial charge on any atom is -0.303 e. The van der Waals surface area contributed by atoms with Gasteiger partial charge >= 0.3 is 0 Å². The lowest BCUT2D eigenvalue weighted by atomic mass is 9.98. The van der Waals surface area contributed by atoms with Gasteiger partial charge in [0.1, 0.15) is 6.29 Å². The van der Waals surface area contributed by atoms with Gasteiger partial charge in [-0.05, 0) is 29.5 Å². The molecule has 2 heteroatoms. The fourth-order valence-corrected chi connectivity index (χ4v) is 1.94. The first-order chi connectivity index (χ1) is 7.22. The first kappa shape index (κ1) is 12.3. The molecule has 0 heterocycles. The Kier molecular flexibility index (Phi) is 4.83. The highest BCUT2D eigenvalue weighted by atomic mass is 35.5. The summed E-state index contributed by atoms with van der Waals surface area (Å²) in [7, 11) is 0. The molecule has 82 valence electrons. The summed E-state index contributed by atoms with van der Waals surface area (Å²) in [5, 5.41) is -0.182. The van der Waals surface area contributed by atoms with Crippen molar-refractivity contribution in [2.45, 2.75) is 38.5 Å². The molecule has 0 saturated heterocycles. The van der Waals surface area contributed by atoms with Crippen molar-refractivity contribution >= 4 is 17.9 Å². The number of aldehydes is 1. The van der Waals surface area contributed by atoms with Crippen molar-refractivity contribution < 1.29 is 4.79 Å². The fraction of sp³-hybridized carbons (Fsp3) is 0.462. The number of hydrogen-bond donors (Lipinski definition) is 0.